The fourth-order valence-electron chi connectivity index (χ4n) is 1.84. The van der Waals surface area contributed by atoms with E-state index in [4.69, 9.17) is 9.47 Å². The lowest BCUT2D eigenvalue weighted by molar-refractivity contribution is -0.109. The summed E-state index contributed by atoms with van der Waals surface area (Å²) in [6.07, 6.45) is 6.34. The Morgan fingerprint density at radius 1 is 0.750 bits per heavy atom. The van der Waals surface area contributed by atoms with Gasteiger partial charge in [0.2, 0.25) is 0 Å². The van der Waals surface area contributed by atoms with Crippen molar-refractivity contribution in [3.63, 3.8) is 0 Å². The third-order valence-electron chi connectivity index (χ3n) is 3.26. The first-order chi connectivity index (χ1) is 9.33. The van der Waals surface area contributed by atoms with Crippen molar-refractivity contribution in [2.45, 2.75) is 77.4 Å². The minimum absolute atomic E-state index is 0.198. The average molecular weight is 286 g/mol. The van der Waals surface area contributed by atoms with Gasteiger partial charge in [0.05, 0.1) is 17.8 Å². The van der Waals surface area contributed by atoms with Crippen molar-refractivity contribution in [3.8, 4) is 0 Å². The normalized spacial score (nSPS) is 12.4. The van der Waals surface area contributed by atoms with E-state index in [0.29, 0.717) is 26.1 Å². The van der Waals surface area contributed by atoms with Gasteiger partial charge in [-0.15, -0.1) is 0 Å². The van der Waals surface area contributed by atoms with E-state index in [2.05, 4.69) is 13.8 Å². The van der Waals surface area contributed by atoms with Gasteiger partial charge in [-0.1, -0.05) is 0 Å². The van der Waals surface area contributed by atoms with Gasteiger partial charge in [-0.25, -0.2) is 0 Å². The molecule has 0 spiro atoms. The van der Waals surface area contributed by atoms with Crippen LogP contribution in [0, 0.1) is 0 Å². The Morgan fingerprint density at radius 2 is 1.25 bits per heavy atom. The Balaban J connectivity index is 3.83. The van der Waals surface area contributed by atoms with Crippen molar-refractivity contribution < 1.29 is 19.1 Å². The van der Waals surface area contributed by atoms with Gasteiger partial charge in [0.15, 0.2) is 0 Å². The molecule has 0 saturated carbocycles. The molecule has 0 aliphatic rings. The van der Waals surface area contributed by atoms with Crippen LogP contribution in [0.1, 0.15) is 66.2 Å². The molecule has 0 saturated heterocycles. The molecule has 0 aliphatic carbocycles. The number of carbonyl (C=O) groups excluding carboxylic acids is 2. The molecule has 20 heavy (non-hydrogen) atoms. The maximum atomic E-state index is 10.3. The van der Waals surface area contributed by atoms with Crippen molar-refractivity contribution in [3.05, 3.63) is 0 Å². The lowest BCUT2D eigenvalue weighted by Gasteiger charge is -2.29. The molecule has 0 rings (SSSR count). The highest BCUT2D eigenvalue weighted by Crippen LogP contribution is 2.21. The number of hydrogen-bond acceptors (Lipinski definition) is 4. The molecule has 0 N–H and O–H groups in total. The van der Waals surface area contributed by atoms with Crippen LogP contribution in [-0.4, -0.2) is 37.0 Å². The summed E-state index contributed by atoms with van der Waals surface area (Å²) in [6, 6.07) is 0. The second-order valence-electron chi connectivity index (χ2n) is 6.33. The Kier molecular flexibility index (Phi) is 9.68. The second kappa shape index (κ2) is 10.1. The molecule has 0 heterocycles. The monoisotopic (exact) mass is 286 g/mol. The predicted molar refractivity (Wildman–Crippen MR) is 79.9 cm³/mol. The first-order valence-corrected chi connectivity index (χ1v) is 7.48. The maximum absolute atomic E-state index is 10.3. The van der Waals surface area contributed by atoms with Crippen molar-refractivity contribution in [2.75, 3.05) is 13.2 Å². The fourth-order valence-corrected chi connectivity index (χ4v) is 1.84. The SMILES string of the molecule is CC(C)(CCCC=O)OCCC(C)(C)OCCCC=O. The lowest BCUT2D eigenvalue weighted by Crippen LogP contribution is -2.31. The Bertz CT molecular complexity index is 272. The van der Waals surface area contributed by atoms with Gasteiger partial charge < -0.3 is 19.1 Å². The topological polar surface area (TPSA) is 52.6 Å². The van der Waals surface area contributed by atoms with Gasteiger partial charge in [-0.05, 0) is 53.4 Å². The van der Waals surface area contributed by atoms with Crippen LogP contribution < -0.4 is 0 Å². The van der Waals surface area contributed by atoms with Crippen molar-refractivity contribution in [1.82, 2.24) is 0 Å². The number of carbonyl (C=O) groups is 2. The maximum Gasteiger partial charge on any atom is 0.120 e. The van der Waals surface area contributed by atoms with Gasteiger partial charge in [-0.3, -0.25) is 0 Å². The van der Waals surface area contributed by atoms with E-state index >= 15 is 0 Å². The number of aldehydes is 2. The van der Waals surface area contributed by atoms with Crippen LogP contribution in [0.5, 0.6) is 0 Å². The van der Waals surface area contributed by atoms with Crippen LogP contribution in [0.15, 0.2) is 0 Å². The van der Waals surface area contributed by atoms with Crippen LogP contribution in [0.4, 0.5) is 0 Å². The number of hydrogen-bond donors (Lipinski definition) is 0. The molecular weight excluding hydrogens is 256 g/mol. The molecule has 4 nitrogen and oxygen atoms in total. The Hall–Kier alpha value is -0.740. The number of rotatable bonds is 13. The minimum atomic E-state index is -0.234. The van der Waals surface area contributed by atoms with Crippen molar-refractivity contribution in [2.24, 2.45) is 0 Å². The zero-order chi connectivity index (χ0) is 15.5. The van der Waals surface area contributed by atoms with E-state index in [-0.39, 0.29) is 11.2 Å². The summed E-state index contributed by atoms with van der Waals surface area (Å²) < 4.78 is 11.6. The van der Waals surface area contributed by atoms with Gasteiger partial charge in [0.1, 0.15) is 12.6 Å². The summed E-state index contributed by atoms with van der Waals surface area (Å²) in [6.45, 7) is 9.42. The highest BCUT2D eigenvalue weighted by atomic mass is 16.5. The van der Waals surface area contributed by atoms with Crippen LogP contribution in [0.25, 0.3) is 0 Å². The minimum Gasteiger partial charge on any atom is -0.375 e. The van der Waals surface area contributed by atoms with E-state index in [0.717, 1.165) is 38.3 Å². The molecule has 0 radical (unpaired) electrons. The van der Waals surface area contributed by atoms with Crippen LogP contribution in [0.3, 0.4) is 0 Å². The predicted octanol–water partition coefficient (Wildman–Crippen LogP) is 3.32. The lowest BCUT2D eigenvalue weighted by atomic mass is 10.0. The van der Waals surface area contributed by atoms with Crippen LogP contribution in [-0.2, 0) is 19.1 Å². The molecule has 0 unspecified atom stereocenters. The molecule has 0 aromatic rings. The Labute approximate surface area is 123 Å². The zero-order valence-electron chi connectivity index (χ0n) is 13.4. The van der Waals surface area contributed by atoms with Crippen molar-refractivity contribution in [1.29, 1.82) is 0 Å². The van der Waals surface area contributed by atoms with Crippen LogP contribution in [0.2, 0.25) is 0 Å². The quantitative estimate of drug-likeness (QED) is 0.385. The van der Waals surface area contributed by atoms with Crippen LogP contribution >= 0.6 is 0 Å². The standard InChI is InChI=1S/C16H30O4/c1-15(2,9-5-6-11-17)20-14-10-16(3,4)19-13-8-7-12-18/h11-12H,5-10,13-14H2,1-4H3. The third-order valence-corrected chi connectivity index (χ3v) is 3.26. The summed E-state index contributed by atoms with van der Waals surface area (Å²) in [7, 11) is 0. The number of unbranched alkanes of at least 4 members (excludes halogenated alkanes) is 2. The summed E-state index contributed by atoms with van der Waals surface area (Å²) >= 11 is 0. The average Bonchev–Trinajstić information content (AvgIpc) is 2.34. The van der Waals surface area contributed by atoms with E-state index in [1.807, 2.05) is 13.8 Å². The van der Waals surface area contributed by atoms with Gasteiger partial charge >= 0.3 is 0 Å². The fraction of sp³-hybridized carbons (Fsp3) is 0.875. The highest BCUT2D eigenvalue weighted by molar-refractivity contribution is 5.49. The summed E-state index contributed by atoms with van der Waals surface area (Å²) in [5.74, 6) is 0. The Morgan fingerprint density at radius 3 is 1.85 bits per heavy atom. The largest absolute Gasteiger partial charge is 0.375 e. The van der Waals surface area contributed by atoms with E-state index < -0.39 is 0 Å². The molecule has 0 fully saturated rings. The summed E-state index contributed by atoms with van der Waals surface area (Å²) in [4.78, 5) is 20.5. The zero-order valence-corrected chi connectivity index (χ0v) is 13.4. The van der Waals surface area contributed by atoms with E-state index in [1.165, 1.54) is 0 Å². The van der Waals surface area contributed by atoms with Gasteiger partial charge in [0, 0.05) is 19.4 Å². The van der Waals surface area contributed by atoms with Gasteiger partial charge in [-0.2, -0.15) is 0 Å². The smallest absolute Gasteiger partial charge is 0.120 e. The molecule has 4 heteroatoms. The molecular formula is C16H30O4. The summed E-state index contributed by atoms with van der Waals surface area (Å²) in [5.41, 5.74) is -0.432. The van der Waals surface area contributed by atoms with E-state index in [9.17, 15) is 9.59 Å². The summed E-state index contributed by atoms with van der Waals surface area (Å²) in [5, 5.41) is 0. The first-order valence-electron chi connectivity index (χ1n) is 7.48. The van der Waals surface area contributed by atoms with Crippen molar-refractivity contribution >= 4 is 12.6 Å². The molecule has 0 aliphatic heterocycles. The molecule has 0 aromatic heterocycles. The number of ether oxygens (including phenoxy) is 2. The molecule has 0 bridgehead atoms. The highest BCUT2D eigenvalue weighted by Gasteiger charge is 2.22. The first kappa shape index (κ1) is 19.3. The van der Waals surface area contributed by atoms with Gasteiger partial charge in [0.25, 0.3) is 0 Å². The molecule has 0 aromatic carbocycles. The molecule has 0 atom stereocenters. The third kappa shape index (κ3) is 11.1. The molecule has 0 amide bonds. The molecule has 118 valence electrons. The van der Waals surface area contributed by atoms with E-state index in [1.54, 1.807) is 0 Å². The second-order valence-corrected chi connectivity index (χ2v) is 6.33.